The van der Waals surface area contributed by atoms with Crippen LogP contribution in [0.4, 0.5) is 0 Å². The smallest absolute Gasteiger partial charge is 0.229 e. The van der Waals surface area contributed by atoms with Gasteiger partial charge in [-0.05, 0) is 12.3 Å². The van der Waals surface area contributed by atoms with Gasteiger partial charge in [-0.25, -0.2) is 0 Å². The number of hydrogen-bond acceptors (Lipinski definition) is 3. The van der Waals surface area contributed by atoms with Crippen LogP contribution in [0.3, 0.4) is 0 Å². The van der Waals surface area contributed by atoms with Crippen LogP contribution in [0.5, 0.6) is 0 Å². The van der Waals surface area contributed by atoms with Gasteiger partial charge in [-0.2, -0.15) is 4.98 Å². The van der Waals surface area contributed by atoms with E-state index in [1.165, 1.54) is 0 Å². The Kier molecular flexibility index (Phi) is 2.22. The third-order valence-corrected chi connectivity index (χ3v) is 2.21. The van der Waals surface area contributed by atoms with Gasteiger partial charge in [0.2, 0.25) is 5.89 Å². The molecule has 0 N–H and O–H groups in total. The third kappa shape index (κ3) is 1.84. The molecule has 0 aliphatic rings. The van der Waals surface area contributed by atoms with Crippen LogP contribution in [-0.4, -0.2) is 10.1 Å². The van der Waals surface area contributed by atoms with Gasteiger partial charge >= 0.3 is 0 Å². The van der Waals surface area contributed by atoms with Gasteiger partial charge < -0.3 is 4.52 Å². The van der Waals surface area contributed by atoms with E-state index >= 15 is 0 Å². The Bertz CT molecular complexity index is 260. The van der Waals surface area contributed by atoms with E-state index in [1.807, 2.05) is 6.92 Å². The lowest BCUT2D eigenvalue weighted by atomic mass is 9.82. The number of aryl methyl sites for hydroxylation is 1. The summed E-state index contributed by atoms with van der Waals surface area (Å²) in [5.41, 5.74) is 0.180. The standard InChI is InChI=1S/C9H16N2O/c1-6(9(3,4)5)8-10-7(2)11-12-8/h6H,1-5H3/t6-/m0/s1. The van der Waals surface area contributed by atoms with Crippen molar-refractivity contribution in [3.63, 3.8) is 0 Å². The van der Waals surface area contributed by atoms with Crippen molar-refractivity contribution in [2.45, 2.75) is 40.5 Å². The van der Waals surface area contributed by atoms with Crippen molar-refractivity contribution in [3.8, 4) is 0 Å². The molecule has 12 heavy (non-hydrogen) atoms. The number of aromatic nitrogens is 2. The summed E-state index contributed by atoms with van der Waals surface area (Å²) in [5.74, 6) is 1.75. The summed E-state index contributed by atoms with van der Waals surface area (Å²) in [6, 6.07) is 0. The molecule has 0 aromatic carbocycles. The predicted octanol–water partition coefficient (Wildman–Crippen LogP) is 2.53. The van der Waals surface area contributed by atoms with E-state index < -0.39 is 0 Å². The molecule has 1 heterocycles. The number of hydrogen-bond donors (Lipinski definition) is 0. The molecular weight excluding hydrogens is 152 g/mol. The molecule has 0 radical (unpaired) electrons. The maximum atomic E-state index is 5.09. The molecule has 0 aliphatic carbocycles. The molecule has 0 bridgehead atoms. The van der Waals surface area contributed by atoms with Crippen LogP contribution in [0.1, 0.15) is 45.3 Å². The minimum atomic E-state index is 0.180. The lowest BCUT2D eigenvalue weighted by Gasteiger charge is -2.23. The van der Waals surface area contributed by atoms with Crippen molar-refractivity contribution in [1.82, 2.24) is 10.1 Å². The molecular formula is C9H16N2O. The van der Waals surface area contributed by atoms with Gasteiger partial charge in [0, 0.05) is 5.92 Å². The van der Waals surface area contributed by atoms with Crippen molar-refractivity contribution in [3.05, 3.63) is 11.7 Å². The molecule has 0 saturated heterocycles. The number of nitrogens with zero attached hydrogens (tertiary/aromatic N) is 2. The Morgan fingerprint density at radius 3 is 2.25 bits per heavy atom. The average Bonchev–Trinajstić information content (AvgIpc) is 2.32. The first kappa shape index (κ1) is 9.23. The highest BCUT2D eigenvalue weighted by atomic mass is 16.5. The van der Waals surface area contributed by atoms with E-state index in [0.717, 1.165) is 5.89 Å². The second-order valence-electron chi connectivity index (χ2n) is 4.27. The lowest BCUT2D eigenvalue weighted by Crippen LogP contribution is -2.15. The molecule has 1 aromatic heterocycles. The van der Waals surface area contributed by atoms with Crippen molar-refractivity contribution < 1.29 is 4.52 Å². The first-order valence-electron chi connectivity index (χ1n) is 4.21. The van der Waals surface area contributed by atoms with Crippen molar-refractivity contribution in [2.75, 3.05) is 0 Å². The minimum Gasteiger partial charge on any atom is -0.339 e. The summed E-state index contributed by atoms with van der Waals surface area (Å²) in [5, 5.41) is 3.77. The topological polar surface area (TPSA) is 38.9 Å². The van der Waals surface area contributed by atoms with E-state index in [4.69, 9.17) is 4.52 Å². The van der Waals surface area contributed by atoms with Gasteiger partial charge in [0.25, 0.3) is 0 Å². The monoisotopic (exact) mass is 168 g/mol. The van der Waals surface area contributed by atoms with Gasteiger partial charge in [-0.3, -0.25) is 0 Å². The summed E-state index contributed by atoms with van der Waals surface area (Å²) in [6.07, 6.45) is 0. The summed E-state index contributed by atoms with van der Waals surface area (Å²) >= 11 is 0. The zero-order valence-electron chi connectivity index (χ0n) is 8.38. The lowest BCUT2D eigenvalue weighted by molar-refractivity contribution is 0.262. The normalized spacial score (nSPS) is 14.8. The fourth-order valence-corrected chi connectivity index (χ4v) is 0.859. The predicted molar refractivity (Wildman–Crippen MR) is 46.9 cm³/mol. The van der Waals surface area contributed by atoms with Gasteiger partial charge in [0.05, 0.1) is 0 Å². The maximum Gasteiger partial charge on any atom is 0.229 e. The Labute approximate surface area is 73.2 Å². The van der Waals surface area contributed by atoms with Crippen molar-refractivity contribution >= 4 is 0 Å². The highest BCUT2D eigenvalue weighted by Gasteiger charge is 2.26. The first-order valence-corrected chi connectivity index (χ1v) is 4.21. The summed E-state index contributed by atoms with van der Waals surface area (Å²) in [4.78, 5) is 4.20. The second kappa shape index (κ2) is 2.88. The van der Waals surface area contributed by atoms with Gasteiger partial charge in [0.15, 0.2) is 5.82 Å². The third-order valence-electron chi connectivity index (χ3n) is 2.21. The molecule has 1 atom stereocenters. The molecule has 68 valence electrons. The van der Waals surface area contributed by atoms with Crippen LogP contribution in [-0.2, 0) is 0 Å². The molecule has 1 aromatic rings. The van der Waals surface area contributed by atoms with E-state index in [-0.39, 0.29) is 5.41 Å². The summed E-state index contributed by atoms with van der Waals surface area (Å²) in [6.45, 7) is 10.4. The van der Waals surface area contributed by atoms with Crippen LogP contribution < -0.4 is 0 Å². The Balaban J connectivity index is 2.85. The Hall–Kier alpha value is -0.860. The van der Waals surface area contributed by atoms with Crippen LogP contribution >= 0.6 is 0 Å². The van der Waals surface area contributed by atoms with Gasteiger partial charge in [-0.1, -0.05) is 32.9 Å². The Morgan fingerprint density at radius 1 is 1.33 bits per heavy atom. The van der Waals surface area contributed by atoms with Crippen LogP contribution in [0.25, 0.3) is 0 Å². The molecule has 0 fully saturated rings. The highest BCUT2D eigenvalue weighted by Crippen LogP contribution is 2.33. The van der Waals surface area contributed by atoms with E-state index in [1.54, 1.807) is 0 Å². The minimum absolute atomic E-state index is 0.180. The van der Waals surface area contributed by atoms with E-state index in [0.29, 0.717) is 11.7 Å². The summed E-state index contributed by atoms with van der Waals surface area (Å²) < 4.78 is 5.09. The second-order valence-corrected chi connectivity index (χ2v) is 4.27. The molecule has 0 aliphatic heterocycles. The van der Waals surface area contributed by atoms with Gasteiger partial charge in [-0.15, -0.1) is 0 Å². The first-order chi connectivity index (χ1) is 5.41. The van der Waals surface area contributed by atoms with E-state index in [9.17, 15) is 0 Å². The molecule has 1 rings (SSSR count). The SMILES string of the molecule is Cc1noc([C@H](C)C(C)(C)C)n1. The number of rotatable bonds is 1. The fraction of sp³-hybridized carbons (Fsp3) is 0.778. The Morgan fingerprint density at radius 2 is 1.92 bits per heavy atom. The maximum absolute atomic E-state index is 5.09. The molecule has 0 amide bonds. The summed E-state index contributed by atoms with van der Waals surface area (Å²) in [7, 11) is 0. The molecule has 0 saturated carbocycles. The van der Waals surface area contributed by atoms with Crippen LogP contribution in [0, 0.1) is 12.3 Å². The largest absolute Gasteiger partial charge is 0.339 e. The zero-order valence-corrected chi connectivity index (χ0v) is 8.38. The van der Waals surface area contributed by atoms with Crippen LogP contribution in [0.2, 0.25) is 0 Å². The van der Waals surface area contributed by atoms with Crippen molar-refractivity contribution in [1.29, 1.82) is 0 Å². The average molecular weight is 168 g/mol. The highest BCUT2D eigenvalue weighted by molar-refractivity contribution is 4.95. The fourth-order valence-electron chi connectivity index (χ4n) is 0.859. The van der Waals surface area contributed by atoms with Crippen molar-refractivity contribution in [2.24, 2.45) is 5.41 Å². The van der Waals surface area contributed by atoms with E-state index in [2.05, 4.69) is 37.8 Å². The molecule has 3 nitrogen and oxygen atoms in total. The zero-order chi connectivity index (χ0) is 9.35. The molecule has 0 spiro atoms. The van der Waals surface area contributed by atoms with Gasteiger partial charge in [0.1, 0.15) is 0 Å². The molecule has 0 unspecified atom stereocenters. The molecule has 3 heteroatoms. The van der Waals surface area contributed by atoms with Crippen LogP contribution in [0.15, 0.2) is 4.52 Å². The quantitative estimate of drug-likeness (QED) is 0.646.